The van der Waals surface area contributed by atoms with E-state index in [0.29, 0.717) is 16.3 Å². The van der Waals surface area contributed by atoms with Crippen LogP contribution in [0.2, 0.25) is 5.02 Å². The number of benzene rings is 2. The molecule has 0 aliphatic carbocycles. The minimum Gasteiger partial charge on any atom is -0.508 e. The minimum absolute atomic E-state index is 0.0416. The molecule has 4 N–H and O–H groups in total. The van der Waals surface area contributed by atoms with E-state index in [0.717, 1.165) is 5.69 Å². The predicted octanol–water partition coefficient (Wildman–Crippen LogP) is 2.70. The fourth-order valence-corrected chi connectivity index (χ4v) is 1.95. The Morgan fingerprint density at radius 2 is 1.87 bits per heavy atom. The van der Waals surface area contributed by atoms with Gasteiger partial charge in [-0.25, -0.2) is 5.43 Å². The predicted molar refractivity (Wildman–Crippen MR) is 90.1 cm³/mol. The van der Waals surface area contributed by atoms with Crippen molar-refractivity contribution >= 4 is 28.9 Å². The van der Waals surface area contributed by atoms with Crippen LogP contribution >= 0.6 is 11.6 Å². The highest BCUT2D eigenvalue weighted by atomic mass is 35.5. The van der Waals surface area contributed by atoms with Gasteiger partial charge in [0.1, 0.15) is 11.5 Å². The Hall–Kier alpha value is -2.73. The van der Waals surface area contributed by atoms with Crippen molar-refractivity contribution in [3.8, 4) is 11.5 Å². The number of phenols is 2. The molecule has 0 saturated heterocycles. The first-order chi connectivity index (χ1) is 11.0. The zero-order valence-electron chi connectivity index (χ0n) is 12.4. The van der Waals surface area contributed by atoms with Gasteiger partial charge in [0.25, 0.3) is 5.91 Å². The molecular formula is C16H16ClN3O3. The molecule has 0 aromatic heterocycles. The van der Waals surface area contributed by atoms with Gasteiger partial charge < -0.3 is 15.5 Å². The summed E-state index contributed by atoms with van der Waals surface area (Å²) in [7, 11) is 0. The number of carbonyl (C=O) groups excluding carboxylic acids is 1. The first-order valence-corrected chi connectivity index (χ1v) is 7.18. The molecule has 6 nitrogen and oxygen atoms in total. The topological polar surface area (TPSA) is 94.0 Å². The number of rotatable bonds is 5. The Bertz CT molecular complexity index is 730. The Kier molecular flexibility index (Phi) is 5.43. The molecule has 23 heavy (non-hydrogen) atoms. The Morgan fingerprint density at radius 3 is 2.52 bits per heavy atom. The van der Waals surface area contributed by atoms with E-state index in [-0.39, 0.29) is 24.0 Å². The van der Waals surface area contributed by atoms with Crippen molar-refractivity contribution in [1.29, 1.82) is 0 Å². The van der Waals surface area contributed by atoms with Crippen LogP contribution in [-0.4, -0.2) is 28.4 Å². The van der Waals surface area contributed by atoms with Gasteiger partial charge in [-0.1, -0.05) is 11.6 Å². The highest BCUT2D eigenvalue weighted by Crippen LogP contribution is 2.22. The maximum Gasteiger partial charge on any atom is 0.259 e. The van der Waals surface area contributed by atoms with Crippen molar-refractivity contribution in [2.24, 2.45) is 5.10 Å². The summed E-state index contributed by atoms with van der Waals surface area (Å²) < 4.78 is 0. The SMILES string of the molecule is C/C(=N/NC(=O)CNc1ccc(Cl)cc1)c1ccc(O)cc1O. The maximum atomic E-state index is 11.7. The van der Waals surface area contributed by atoms with Crippen molar-refractivity contribution in [2.75, 3.05) is 11.9 Å². The highest BCUT2D eigenvalue weighted by molar-refractivity contribution is 6.30. The van der Waals surface area contributed by atoms with E-state index in [1.807, 2.05) is 0 Å². The molecule has 0 fully saturated rings. The summed E-state index contributed by atoms with van der Waals surface area (Å²) in [5.74, 6) is -0.493. The quantitative estimate of drug-likeness (QED) is 0.500. The van der Waals surface area contributed by atoms with E-state index >= 15 is 0 Å². The second-order valence-corrected chi connectivity index (χ2v) is 5.23. The molecule has 0 atom stereocenters. The number of hydrogen-bond acceptors (Lipinski definition) is 5. The van der Waals surface area contributed by atoms with Gasteiger partial charge >= 0.3 is 0 Å². The standard InChI is InChI=1S/C16H16ClN3O3/c1-10(14-7-6-13(21)8-15(14)22)19-20-16(23)9-18-12-4-2-11(17)3-5-12/h2-8,18,21-22H,9H2,1H3,(H,20,23)/b19-10-. The minimum atomic E-state index is -0.336. The van der Waals surface area contributed by atoms with E-state index < -0.39 is 0 Å². The maximum absolute atomic E-state index is 11.7. The number of nitrogens with one attached hydrogen (secondary N) is 2. The van der Waals surface area contributed by atoms with Crippen LogP contribution in [-0.2, 0) is 4.79 Å². The largest absolute Gasteiger partial charge is 0.508 e. The number of hydrazone groups is 1. The van der Waals surface area contributed by atoms with Gasteiger partial charge in [0, 0.05) is 22.3 Å². The van der Waals surface area contributed by atoms with Crippen LogP contribution in [0.25, 0.3) is 0 Å². The van der Waals surface area contributed by atoms with Crippen LogP contribution in [0.5, 0.6) is 11.5 Å². The second kappa shape index (κ2) is 7.51. The molecule has 0 aliphatic rings. The molecule has 0 radical (unpaired) electrons. The third-order valence-electron chi connectivity index (χ3n) is 3.02. The molecule has 7 heteroatoms. The van der Waals surface area contributed by atoms with E-state index in [2.05, 4.69) is 15.8 Å². The first kappa shape index (κ1) is 16.6. The lowest BCUT2D eigenvalue weighted by molar-refractivity contribution is -0.119. The lowest BCUT2D eigenvalue weighted by atomic mass is 10.1. The van der Waals surface area contributed by atoms with Crippen LogP contribution in [0.1, 0.15) is 12.5 Å². The second-order valence-electron chi connectivity index (χ2n) is 4.79. The third-order valence-corrected chi connectivity index (χ3v) is 3.27. The van der Waals surface area contributed by atoms with E-state index in [4.69, 9.17) is 11.6 Å². The number of amides is 1. The van der Waals surface area contributed by atoms with E-state index in [9.17, 15) is 15.0 Å². The lowest BCUT2D eigenvalue weighted by Crippen LogP contribution is -2.26. The van der Waals surface area contributed by atoms with Crippen molar-refractivity contribution in [3.05, 3.63) is 53.1 Å². The summed E-state index contributed by atoms with van der Waals surface area (Å²) in [6, 6.07) is 11.1. The van der Waals surface area contributed by atoms with Crippen LogP contribution in [0.4, 0.5) is 5.69 Å². The lowest BCUT2D eigenvalue weighted by Gasteiger charge is -2.07. The molecule has 2 aromatic carbocycles. The smallest absolute Gasteiger partial charge is 0.259 e. The van der Waals surface area contributed by atoms with E-state index in [1.165, 1.54) is 18.2 Å². The number of nitrogens with zero attached hydrogens (tertiary/aromatic N) is 1. The molecule has 0 heterocycles. The van der Waals surface area contributed by atoms with Crippen molar-refractivity contribution in [2.45, 2.75) is 6.92 Å². The molecule has 0 unspecified atom stereocenters. The zero-order valence-corrected chi connectivity index (χ0v) is 13.1. The first-order valence-electron chi connectivity index (χ1n) is 6.80. The Balaban J connectivity index is 1.90. The molecule has 120 valence electrons. The van der Waals surface area contributed by atoms with Gasteiger partial charge in [0.05, 0.1) is 12.3 Å². The van der Waals surface area contributed by atoms with Crippen LogP contribution in [0.15, 0.2) is 47.6 Å². The summed E-state index contributed by atoms with van der Waals surface area (Å²) >= 11 is 5.78. The molecule has 2 rings (SSSR count). The fourth-order valence-electron chi connectivity index (χ4n) is 1.82. The Labute approximate surface area is 138 Å². The third kappa shape index (κ3) is 4.89. The van der Waals surface area contributed by atoms with Crippen LogP contribution in [0.3, 0.4) is 0 Å². The molecule has 0 saturated carbocycles. The summed E-state index contributed by atoms with van der Waals surface area (Å²) in [6.45, 7) is 1.68. The molecule has 0 bridgehead atoms. The van der Waals surface area contributed by atoms with E-state index in [1.54, 1.807) is 31.2 Å². The van der Waals surface area contributed by atoms with Gasteiger partial charge in [0.2, 0.25) is 0 Å². The average Bonchev–Trinajstić information content (AvgIpc) is 2.52. The summed E-state index contributed by atoms with van der Waals surface area (Å²) in [5.41, 5.74) is 4.00. The fraction of sp³-hybridized carbons (Fsp3) is 0.125. The van der Waals surface area contributed by atoms with Gasteiger partial charge in [-0.3, -0.25) is 4.79 Å². The van der Waals surface area contributed by atoms with Crippen molar-refractivity contribution < 1.29 is 15.0 Å². The van der Waals surface area contributed by atoms with Crippen LogP contribution < -0.4 is 10.7 Å². The van der Waals surface area contributed by atoms with Gasteiger partial charge in [-0.2, -0.15) is 5.10 Å². The van der Waals surface area contributed by atoms with Gasteiger partial charge in [0.15, 0.2) is 0 Å². The van der Waals surface area contributed by atoms with Crippen LogP contribution in [0, 0.1) is 0 Å². The molecular weight excluding hydrogens is 318 g/mol. The van der Waals surface area contributed by atoms with Gasteiger partial charge in [-0.15, -0.1) is 0 Å². The molecule has 1 amide bonds. The summed E-state index contributed by atoms with van der Waals surface area (Å²) in [5, 5.41) is 26.4. The average molecular weight is 334 g/mol. The number of halogens is 1. The number of aromatic hydroxyl groups is 2. The number of phenolic OH excluding ortho intramolecular Hbond substituents is 2. The molecule has 0 aliphatic heterocycles. The monoisotopic (exact) mass is 333 g/mol. The summed E-state index contributed by atoms with van der Waals surface area (Å²) in [4.78, 5) is 11.7. The van der Waals surface area contributed by atoms with Crippen molar-refractivity contribution in [1.82, 2.24) is 5.43 Å². The normalized spacial score (nSPS) is 11.1. The number of anilines is 1. The van der Waals surface area contributed by atoms with Gasteiger partial charge in [-0.05, 0) is 43.3 Å². The zero-order chi connectivity index (χ0) is 16.8. The Morgan fingerprint density at radius 1 is 1.17 bits per heavy atom. The number of carbonyl (C=O) groups is 1. The molecule has 0 spiro atoms. The summed E-state index contributed by atoms with van der Waals surface area (Å²) in [6.07, 6.45) is 0. The van der Waals surface area contributed by atoms with Crippen molar-refractivity contribution in [3.63, 3.8) is 0 Å². The number of hydrogen-bond donors (Lipinski definition) is 4. The highest BCUT2D eigenvalue weighted by Gasteiger charge is 2.06. The molecule has 2 aromatic rings.